The highest BCUT2D eigenvalue weighted by Gasteiger charge is 2.71. The largest absolute Gasteiger partial charge is 0.493 e. The van der Waals surface area contributed by atoms with Gasteiger partial charge in [-0.05, 0) is 55.2 Å². The Bertz CT molecular complexity index is 1530. The van der Waals surface area contributed by atoms with Crippen LogP contribution in [0.4, 0.5) is 36.8 Å². The number of piperazine rings is 1. The van der Waals surface area contributed by atoms with Crippen LogP contribution in [-0.2, 0) is 33.6 Å². The molecular weight excluding hydrogens is 622 g/mol. The molecule has 46 heavy (non-hydrogen) atoms. The minimum absolute atomic E-state index is 0.119. The predicted molar refractivity (Wildman–Crippen MR) is 153 cm³/mol. The molecule has 2 aromatic rings. The Kier molecular flexibility index (Phi) is 8.45. The van der Waals surface area contributed by atoms with Crippen molar-refractivity contribution in [3.8, 4) is 5.75 Å². The van der Waals surface area contributed by atoms with E-state index in [-0.39, 0.29) is 31.6 Å². The van der Waals surface area contributed by atoms with Crippen LogP contribution < -0.4 is 15.0 Å². The van der Waals surface area contributed by atoms with E-state index in [2.05, 4.69) is 5.32 Å². The Balaban J connectivity index is 1.30. The zero-order chi connectivity index (χ0) is 33.8. The monoisotopic (exact) mass is 656 g/mol. The minimum atomic E-state index is -6.00. The molecule has 0 aliphatic carbocycles. The van der Waals surface area contributed by atoms with E-state index in [0.29, 0.717) is 42.5 Å². The molecular formula is C31H34F6N4O5. The van der Waals surface area contributed by atoms with Crippen molar-refractivity contribution in [1.82, 2.24) is 15.1 Å². The lowest BCUT2D eigenvalue weighted by Crippen LogP contribution is -2.56. The van der Waals surface area contributed by atoms with Crippen LogP contribution in [0, 0.1) is 0 Å². The van der Waals surface area contributed by atoms with Crippen molar-refractivity contribution < 1.29 is 50.6 Å². The summed E-state index contributed by atoms with van der Waals surface area (Å²) in [6.07, 6.45) is -10.8. The van der Waals surface area contributed by atoms with E-state index in [9.17, 15) is 45.8 Å². The summed E-state index contributed by atoms with van der Waals surface area (Å²) in [6, 6.07) is 6.54. The van der Waals surface area contributed by atoms with Gasteiger partial charge in [0.05, 0.1) is 6.61 Å². The number of nitrogens with one attached hydrogen (secondary N) is 1. The molecule has 3 aliphatic rings. The second-order valence-corrected chi connectivity index (χ2v) is 12.0. The topological polar surface area (TPSA) is 102 Å². The van der Waals surface area contributed by atoms with Gasteiger partial charge in [-0.2, -0.15) is 26.3 Å². The molecule has 0 saturated carbocycles. The first kappa shape index (κ1) is 33.4. The van der Waals surface area contributed by atoms with Crippen LogP contribution in [0.5, 0.6) is 5.75 Å². The average molecular weight is 657 g/mol. The second kappa shape index (κ2) is 11.7. The summed E-state index contributed by atoms with van der Waals surface area (Å²) in [6.45, 7) is 5.49. The van der Waals surface area contributed by atoms with Crippen LogP contribution in [0.3, 0.4) is 0 Å². The number of anilines is 1. The standard InChI is InChI=1S/C31H34F6N4O5/c1-4-5-19-14-22(29(45,30(32,33)34)31(35,36)37)6-8-23(19)39-11-12-40(18(2)16-39)25(42)17-41-26(43)28(3,38-27(41)44)21-7-9-24-20(15-21)10-13-46-24/h6-9,14-15,18,45H,4-5,10-13,16-17H2,1-3H3,(H,38,44). The van der Waals surface area contributed by atoms with Gasteiger partial charge in [-0.15, -0.1) is 0 Å². The third kappa shape index (κ3) is 5.52. The Labute approximate surface area is 261 Å². The van der Waals surface area contributed by atoms with Gasteiger partial charge in [0.15, 0.2) is 0 Å². The van der Waals surface area contributed by atoms with Crippen molar-refractivity contribution in [1.29, 1.82) is 0 Å². The van der Waals surface area contributed by atoms with Crippen molar-refractivity contribution in [2.75, 3.05) is 37.7 Å². The van der Waals surface area contributed by atoms with Crippen molar-refractivity contribution >= 4 is 23.5 Å². The number of ether oxygens (including phenoxy) is 1. The molecule has 2 aromatic carbocycles. The maximum Gasteiger partial charge on any atom is 0.430 e. The zero-order valence-corrected chi connectivity index (χ0v) is 25.4. The van der Waals surface area contributed by atoms with E-state index in [1.54, 1.807) is 43.9 Å². The quantitative estimate of drug-likeness (QED) is 0.339. The number of aliphatic hydroxyl groups is 1. The summed E-state index contributed by atoms with van der Waals surface area (Å²) in [4.78, 5) is 43.9. The second-order valence-electron chi connectivity index (χ2n) is 12.0. The number of imide groups is 1. The predicted octanol–water partition coefficient (Wildman–Crippen LogP) is 4.39. The normalized spacial score (nSPS) is 22.2. The summed E-state index contributed by atoms with van der Waals surface area (Å²) in [5.74, 6) is -0.365. The molecule has 2 saturated heterocycles. The minimum Gasteiger partial charge on any atom is -0.493 e. The summed E-state index contributed by atoms with van der Waals surface area (Å²) in [5, 5.41) is 12.6. The number of amides is 4. The molecule has 2 unspecified atom stereocenters. The number of carbonyl (C=O) groups excluding carboxylic acids is 3. The van der Waals surface area contributed by atoms with E-state index in [0.717, 1.165) is 22.6 Å². The Morgan fingerprint density at radius 1 is 1.07 bits per heavy atom. The van der Waals surface area contributed by atoms with Gasteiger partial charge >= 0.3 is 18.4 Å². The molecule has 3 aliphatic heterocycles. The first-order chi connectivity index (χ1) is 21.4. The molecule has 15 heteroatoms. The summed E-state index contributed by atoms with van der Waals surface area (Å²) < 4.78 is 86.7. The Hall–Kier alpha value is -4.01. The van der Waals surface area contributed by atoms with E-state index < -0.39 is 59.5 Å². The molecule has 0 spiro atoms. The highest BCUT2D eigenvalue weighted by molar-refractivity contribution is 6.09. The number of benzene rings is 2. The highest BCUT2D eigenvalue weighted by atomic mass is 19.4. The number of rotatable bonds is 7. The lowest BCUT2D eigenvalue weighted by atomic mass is 9.89. The number of nitrogens with zero attached hydrogens (tertiary/aromatic N) is 3. The lowest BCUT2D eigenvalue weighted by molar-refractivity contribution is -0.376. The maximum absolute atomic E-state index is 13.5. The first-order valence-electron chi connectivity index (χ1n) is 14.9. The van der Waals surface area contributed by atoms with Crippen LogP contribution >= 0.6 is 0 Å². The SMILES string of the molecule is CCCc1cc(C(O)(C(F)(F)F)C(F)(F)F)ccc1N1CCN(C(=O)CN2C(=O)NC(C)(c3ccc4c(c3)CCO4)C2=O)C(C)C1. The third-order valence-corrected chi connectivity index (χ3v) is 8.96. The number of hydrogen-bond acceptors (Lipinski definition) is 6. The fraction of sp³-hybridized carbons (Fsp3) is 0.516. The van der Waals surface area contributed by atoms with Crippen LogP contribution in [0.2, 0.25) is 0 Å². The van der Waals surface area contributed by atoms with Gasteiger partial charge in [-0.3, -0.25) is 14.5 Å². The maximum atomic E-state index is 13.5. The average Bonchev–Trinajstić information content (AvgIpc) is 3.53. The van der Waals surface area contributed by atoms with Gasteiger partial charge in [0.25, 0.3) is 11.5 Å². The molecule has 250 valence electrons. The summed E-state index contributed by atoms with van der Waals surface area (Å²) >= 11 is 0. The molecule has 9 nitrogen and oxygen atoms in total. The van der Waals surface area contributed by atoms with E-state index in [4.69, 9.17) is 4.74 Å². The number of aryl methyl sites for hydroxylation is 1. The fourth-order valence-electron chi connectivity index (χ4n) is 6.38. The molecule has 5 rings (SSSR count). The molecule has 0 radical (unpaired) electrons. The van der Waals surface area contributed by atoms with Crippen LogP contribution in [0.1, 0.15) is 49.4 Å². The molecule has 0 aromatic heterocycles. The van der Waals surface area contributed by atoms with Crippen LogP contribution in [0.25, 0.3) is 0 Å². The number of urea groups is 1. The number of hydrogen-bond donors (Lipinski definition) is 2. The van der Waals surface area contributed by atoms with E-state index in [1.807, 2.05) is 0 Å². The van der Waals surface area contributed by atoms with Crippen molar-refractivity contribution in [2.45, 2.75) is 69.6 Å². The van der Waals surface area contributed by atoms with Crippen molar-refractivity contribution in [3.05, 3.63) is 58.7 Å². The summed E-state index contributed by atoms with van der Waals surface area (Å²) in [5.41, 5.74) is -5.69. The molecule has 3 heterocycles. The van der Waals surface area contributed by atoms with Gasteiger partial charge in [-0.1, -0.05) is 31.5 Å². The number of carbonyl (C=O) groups is 3. The fourth-order valence-corrected chi connectivity index (χ4v) is 6.38. The van der Waals surface area contributed by atoms with Crippen molar-refractivity contribution in [2.24, 2.45) is 0 Å². The molecule has 2 N–H and O–H groups in total. The Morgan fingerprint density at radius 2 is 1.76 bits per heavy atom. The highest BCUT2D eigenvalue weighted by Crippen LogP contribution is 2.50. The first-order valence-corrected chi connectivity index (χ1v) is 14.9. The molecule has 0 bridgehead atoms. The molecule has 2 atom stereocenters. The van der Waals surface area contributed by atoms with Gasteiger partial charge < -0.3 is 25.0 Å². The van der Waals surface area contributed by atoms with Gasteiger partial charge in [-0.25, -0.2) is 4.79 Å². The number of fused-ring (bicyclic) bond motifs is 1. The smallest absolute Gasteiger partial charge is 0.430 e. The Morgan fingerprint density at radius 3 is 2.39 bits per heavy atom. The van der Waals surface area contributed by atoms with E-state index >= 15 is 0 Å². The summed E-state index contributed by atoms with van der Waals surface area (Å²) in [7, 11) is 0. The molecule has 2 fully saturated rings. The van der Waals surface area contributed by atoms with Gasteiger partial charge in [0, 0.05) is 43.3 Å². The zero-order valence-electron chi connectivity index (χ0n) is 25.4. The van der Waals surface area contributed by atoms with Crippen LogP contribution in [0.15, 0.2) is 36.4 Å². The lowest BCUT2D eigenvalue weighted by Gasteiger charge is -2.42. The van der Waals surface area contributed by atoms with Crippen molar-refractivity contribution in [3.63, 3.8) is 0 Å². The third-order valence-electron chi connectivity index (χ3n) is 8.96. The molecule has 4 amide bonds. The van der Waals surface area contributed by atoms with Gasteiger partial charge in [0.1, 0.15) is 17.8 Å². The number of alkyl halides is 6. The van der Waals surface area contributed by atoms with Gasteiger partial charge in [0.2, 0.25) is 5.91 Å². The number of halogens is 6. The van der Waals surface area contributed by atoms with E-state index in [1.165, 1.54) is 4.90 Å². The van der Waals surface area contributed by atoms with Crippen LogP contribution in [-0.4, -0.2) is 83.9 Å².